The second-order valence-electron chi connectivity index (χ2n) is 7.05. The molecule has 1 aromatic carbocycles. The number of piperidine rings is 1. The van der Waals surface area contributed by atoms with Crippen LogP contribution in [0, 0.1) is 16.0 Å². The molecule has 0 bridgehead atoms. The summed E-state index contributed by atoms with van der Waals surface area (Å²) in [7, 11) is 0. The number of non-ortho nitro benzene ring substituents is 1. The topological polar surface area (TPSA) is 116 Å². The first-order valence-corrected chi connectivity index (χ1v) is 9.23. The Balaban J connectivity index is 1.57. The van der Waals surface area contributed by atoms with Gasteiger partial charge in [-0.05, 0) is 31.7 Å². The molecule has 2 N–H and O–H groups in total. The summed E-state index contributed by atoms with van der Waals surface area (Å²) >= 11 is 0. The minimum Gasteiger partial charge on any atom is -0.508 e. The average molecular weight is 376 g/mol. The van der Waals surface area contributed by atoms with Gasteiger partial charge in [0, 0.05) is 50.4 Å². The molecular formula is C18H24N4O5. The SMILES string of the molecule is O=C(NCc1cc([N+](=O)[O-])ccc1O)[C@@H]1CCCN(C(=O)N2CCCC2)C1. The first kappa shape index (κ1) is 18.9. The zero-order valence-electron chi connectivity index (χ0n) is 15.1. The van der Waals surface area contributed by atoms with Crippen LogP contribution in [0.1, 0.15) is 31.2 Å². The van der Waals surface area contributed by atoms with Gasteiger partial charge in [0.2, 0.25) is 5.91 Å². The summed E-state index contributed by atoms with van der Waals surface area (Å²) in [5, 5.41) is 23.4. The van der Waals surface area contributed by atoms with Gasteiger partial charge in [-0.3, -0.25) is 14.9 Å². The molecule has 9 heteroatoms. The van der Waals surface area contributed by atoms with Crippen LogP contribution >= 0.6 is 0 Å². The summed E-state index contributed by atoms with van der Waals surface area (Å²) in [6.45, 7) is 2.59. The zero-order valence-corrected chi connectivity index (χ0v) is 15.1. The lowest BCUT2D eigenvalue weighted by molar-refractivity contribution is -0.384. The van der Waals surface area contributed by atoms with Crippen LogP contribution in [-0.2, 0) is 11.3 Å². The third-order valence-electron chi connectivity index (χ3n) is 5.17. The van der Waals surface area contributed by atoms with Gasteiger partial charge in [-0.1, -0.05) is 0 Å². The Bertz CT molecular complexity index is 732. The van der Waals surface area contributed by atoms with Crippen molar-refractivity contribution in [3.05, 3.63) is 33.9 Å². The van der Waals surface area contributed by atoms with Crippen LogP contribution in [-0.4, -0.2) is 57.9 Å². The van der Waals surface area contributed by atoms with Gasteiger partial charge in [0.15, 0.2) is 0 Å². The number of likely N-dealkylation sites (tertiary alicyclic amines) is 2. The molecule has 9 nitrogen and oxygen atoms in total. The summed E-state index contributed by atoms with van der Waals surface area (Å²) in [5.41, 5.74) is 0.149. The maximum absolute atomic E-state index is 12.5. The molecule has 0 aliphatic carbocycles. The van der Waals surface area contributed by atoms with Gasteiger partial charge in [0.25, 0.3) is 5.69 Å². The predicted octanol–water partition coefficient (Wildman–Crippen LogP) is 1.84. The molecule has 1 atom stereocenters. The quantitative estimate of drug-likeness (QED) is 0.614. The molecule has 0 unspecified atom stereocenters. The van der Waals surface area contributed by atoms with Gasteiger partial charge in [0.1, 0.15) is 5.75 Å². The van der Waals surface area contributed by atoms with E-state index in [0.29, 0.717) is 25.1 Å². The maximum atomic E-state index is 12.5. The minimum atomic E-state index is -0.548. The lowest BCUT2D eigenvalue weighted by atomic mass is 9.97. The first-order valence-electron chi connectivity index (χ1n) is 9.23. The van der Waals surface area contributed by atoms with E-state index >= 15 is 0 Å². The highest BCUT2D eigenvalue weighted by Crippen LogP contribution is 2.24. The van der Waals surface area contributed by atoms with Crippen molar-refractivity contribution in [3.8, 4) is 5.75 Å². The van der Waals surface area contributed by atoms with E-state index in [0.717, 1.165) is 32.4 Å². The standard InChI is InChI=1S/C18H24N4O5/c23-16-6-5-15(22(26)27)10-14(16)11-19-17(24)13-4-3-9-21(12-13)18(25)20-7-1-2-8-20/h5-6,10,13,23H,1-4,7-9,11-12H2,(H,19,24)/t13-/m1/s1. The molecule has 3 amide bonds. The molecule has 2 heterocycles. The fraction of sp³-hybridized carbons (Fsp3) is 0.556. The Morgan fingerprint density at radius 2 is 1.89 bits per heavy atom. The number of nitro groups is 1. The highest BCUT2D eigenvalue weighted by molar-refractivity contribution is 5.81. The maximum Gasteiger partial charge on any atom is 0.320 e. The van der Waals surface area contributed by atoms with Crippen molar-refractivity contribution in [1.29, 1.82) is 0 Å². The highest BCUT2D eigenvalue weighted by Gasteiger charge is 2.31. The van der Waals surface area contributed by atoms with Crippen molar-refractivity contribution >= 4 is 17.6 Å². The largest absolute Gasteiger partial charge is 0.508 e. The molecule has 1 aromatic rings. The zero-order chi connectivity index (χ0) is 19.4. The van der Waals surface area contributed by atoms with E-state index in [1.807, 2.05) is 4.90 Å². The number of benzene rings is 1. The number of nitrogens with zero attached hydrogens (tertiary/aromatic N) is 3. The van der Waals surface area contributed by atoms with Crippen LogP contribution in [0.25, 0.3) is 0 Å². The van der Waals surface area contributed by atoms with Gasteiger partial charge in [-0.25, -0.2) is 4.79 Å². The number of hydrogen-bond donors (Lipinski definition) is 2. The second kappa shape index (κ2) is 8.24. The number of aromatic hydroxyl groups is 1. The van der Waals surface area contributed by atoms with E-state index < -0.39 is 4.92 Å². The number of nitro benzene ring substituents is 1. The Morgan fingerprint density at radius 3 is 2.59 bits per heavy atom. The number of carbonyl (C=O) groups is 2. The van der Waals surface area contributed by atoms with Crippen LogP contribution in [0.4, 0.5) is 10.5 Å². The highest BCUT2D eigenvalue weighted by atomic mass is 16.6. The number of urea groups is 1. The van der Waals surface area contributed by atoms with E-state index in [1.54, 1.807) is 4.90 Å². The molecule has 2 fully saturated rings. The molecule has 0 radical (unpaired) electrons. The van der Waals surface area contributed by atoms with E-state index in [2.05, 4.69) is 5.32 Å². The Hall–Kier alpha value is -2.84. The molecule has 0 spiro atoms. The Labute approximate surface area is 157 Å². The number of hydrogen-bond acceptors (Lipinski definition) is 5. The predicted molar refractivity (Wildman–Crippen MR) is 97.1 cm³/mol. The molecule has 3 rings (SSSR count). The molecule has 2 aliphatic heterocycles. The summed E-state index contributed by atoms with van der Waals surface area (Å²) in [5.74, 6) is -0.624. The van der Waals surface area contributed by atoms with Gasteiger partial charge in [-0.15, -0.1) is 0 Å². The Morgan fingerprint density at radius 1 is 1.19 bits per heavy atom. The number of amides is 3. The summed E-state index contributed by atoms with van der Waals surface area (Å²) < 4.78 is 0. The van der Waals surface area contributed by atoms with E-state index in [4.69, 9.17) is 0 Å². The number of phenolic OH excluding ortho intramolecular Hbond substituents is 1. The van der Waals surface area contributed by atoms with E-state index in [-0.39, 0.29) is 35.8 Å². The van der Waals surface area contributed by atoms with Crippen LogP contribution < -0.4 is 5.32 Å². The smallest absolute Gasteiger partial charge is 0.320 e. The lowest BCUT2D eigenvalue weighted by Gasteiger charge is -2.34. The summed E-state index contributed by atoms with van der Waals surface area (Å²) in [6, 6.07) is 3.71. The fourth-order valence-corrected chi connectivity index (χ4v) is 3.63. The van der Waals surface area contributed by atoms with Crippen LogP contribution in [0.2, 0.25) is 0 Å². The lowest BCUT2D eigenvalue weighted by Crippen LogP contribution is -2.49. The Kier molecular flexibility index (Phi) is 5.78. The number of carbonyl (C=O) groups excluding carboxylic acids is 2. The van der Waals surface area contributed by atoms with Crippen LogP contribution in [0.3, 0.4) is 0 Å². The normalized spacial score (nSPS) is 19.8. The van der Waals surface area contributed by atoms with E-state index in [9.17, 15) is 24.8 Å². The van der Waals surface area contributed by atoms with Crippen molar-refractivity contribution < 1.29 is 19.6 Å². The van der Waals surface area contributed by atoms with Crippen LogP contribution in [0.5, 0.6) is 5.75 Å². The van der Waals surface area contributed by atoms with Crippen molar-refractivity contribution in [2.45, 2.75) is 32.2 Å². The molecule has 0 saturated carbocycles. The summed E-state index contributed by atoms with van der Waals surface area (Å²) in [4.78, 5) is 38.9. The number of nitrogens with one attached hydrogen (secondary N) is 1. The minimum absolute atomic E-state index is 0.00123. The molecule has 2 saturated heterocycles. The average Bonchev–Trinajstić information content (AvgIpc) is 3.21. The van der Waals surface area contributed by atoms with Gasteiger partial charge < -0.3 is 20.2 Å². The van der Waals surface area contributed by atoms with Crippen molar-refractivity contribution in [2.24, 2.45) is 5.92 Å². The molecule has 2 aliphatic rings. The molecular weight excluding hydrogens is 352 g/mol. The second-order valence-corrected chi connectivity index (χ2v) is 7.05. The monoisotopic (exact) mass is 376 g/mol. The third kappa shape index (κ3) is 4.47. The first-order chi connectivity index (χ1) is 13.0. The van der Waals surface area contributed by atoms with Crippen molar-refractivity contribution in [1.82, 2.24) is 15.1 Å². The molecule has 146 valence electrons. The van der Waals surface area contributed by atoms with Crippen LogP contribution in [0.15, 0.2) is 18.2 Å². The van der Waals surface area contributed by atoms with Gasteiger partial charge >= 0.3 is 6.03 Å². The third-order valence-corrected chi connectivity index (χ3v) is 5.17. The fourth-order valence-electron chi connectivity index (χ4n) is 3.63. The molecule has 0 aromatic heterocycles. The number of phenols is 1. The van der Waals surface area contributed by atoms with Gasteiger partial charge in [0.05, 0.1) is 10.8 Å². The van der Waals surface area contributed by atoms with Gasteiger partial charge in [-0.2, -0.15) is 0 Å². The van der Waals surface area contributed by atoms with Crippen molar-refractivity contribution in [3.63, 3.8) is 0 Å². The number of rotatable bonds is 4. The molecule has 27 heavy (non-hydrogen) atoms. The summed E-state index contributed by atoms with van der Waals surface area (Å²) in [6.07, 6.45) is 3.50. The van der Waals surface area contributed by atoms with Crippen molar-refractivity contribution in [2.75, 3.05) is 26.2 Å². The van der Waals surface area contributed by atoms with E-state index in [1.165, 1.54) is 18.2 Å².